The second-order valence-electron chi connectivity index (χ2n) is 3.64. The molecule has 0 bridgehead atoms. The lowest BCUT2D eigenvalue weighted by molar-refractivity contribution is -0.161. The minimum atomic E-state index is -3.81. The monoisotopic (exact) mass is 277 g/mol. The van der Waals surface area contributed by atoms with E-state index >= 15 is 0 Å². The zero-order chi connectivity index (χ0) is 13.9. The third-order valence-electron chi connectivity index (χ3n) is 2.17. The number of amides is 1. The predicted octanol–water partition coefficient (Wildman–Crippen LogP) is 1.97. The van der Waals surface area contributed by atoms with Gasteiger partial charge in [-0.3, -0.25) is 9.59 Å². The van der Waals surface area contributed by atoms with E-state index in [2.05, 4.69) is 0 Å². The van der Waals surface area contributed by atoms with Crippen molar-refractivity contribution < 1.29 is 23.5 Å². The highest BCUT2D eigenvalue weighted by Crippen LogP contribution is 2.31. The number of likely N-dealkylation sites (N-methyl/N-ethyl adjacent to an activating group) is 1. The molecular weight excluding hydrogens is 268 g/mol. The Hall–Kier alpha value is -1.69. The number of benzene rings is 1. The van der Waals surface area contributed by atoms with Gasteiger partial charge in [0, 0.05) is 17.6 Å². The summed E-state index contributed by atoms with van der Waals surface area (Å²) in [6, 6.07) is 4.70. The van der Waals surface area contributed by atoms with Crippen LogP contribution in [0.3, 0.4) is 0 Å². The number of hydrogen-bond acceptors (Lipinski definition) is 2. The number of carboxylic acid groups (broad SMARTS) is 1. The standard InChI is InChI=1S/C11H10ClF2NO3/c1-15(6-9(16)17)10(18)11(13,14)7-3-2-4-8(12)5-7/h2-5H,6H2,1H3,(H,16,17). The maximum absolute atomic E-state index is 13.8. The van der Waals surface area contributed by atoms with Gasteiger partial charge in [0.2, 0.25) is 0 Å². The first-order valence-corrected chi connectivity index (χ1v) is 5.24. The molecule has 0 aliphatic heterocycles. The Morgan fingerprint density at radius 2 is 2.06 bits per heavy atom. The molecule has 0 spiro atoms. The zero-order valence-electron chi connectivity index (χ0n) is 9.36. The van der Waals surface area contributed by atoms with Gasteiger partial charge < -0.3 is 10.0 Å². The molecular formula is C11H10ClF2NO3. The summed E-state index contributed by atoms with van der Waals surface area (Å²) in [5.74, 6) is -6.77. The summed E-state index contributed by atoms with van der Waals surface area (Å²) in [5, 5.41) is 8.52. The van der Waals surface area contributed by atoms with Crippen molar-refractivity contribution in [3.05, 3.63) is 34.9 Å². The average Bonchev–Trinajstić information content (AvgIpc) is 2.27. The quantitative estimate of drug-likeness (QED) is 0.915. The molecule has 1 amide bonds. The normalized spacial score (nSPS) is 11.1. The maximum atomic E-state index is 13.8. The molecule has 1 N–H and O–H groups in total. The van der Waals surface area contributed by atoms with E-state index in [0.29, 0.717) is 4.90 Å². The van der Waals surface area contributed by atoms with Gasteiger partial charge in [-0.15, -0.1) is 0 Å². The van der Waals surface area contributed by atoms with Crippen molar-refractivity contribution in [2.45, 2.75) is 5.92 Å². The van der Waals surface area contributed by atoms with Gasteiger partial charge in [0.25, 0.3) is 5.91 Å². The van der Waals surface area contributed by atoms with Crippen LogP contribution in [0.4, 0.5) is 8.78 Å². The molecule has 98 valence electrons. The smallest absolute Gasteiger partial charge is 0.350 e. The molecule has 1 aromatic carbocycles. The number of halogens is 3. The van der Waals surface area contributed by atoms with E-state index in [1.54, 1.807) is 0 Å². The van der Waals surface area contributed by atoms with Crippen LogP contribution in [0.15, 0.2) is 24.3 Å². The molecule has 1 aromatic rings. The maximum Gasteiger partial charge on any atom is 0.350 e. The Morgan fingerprint density at radius 3 is 2.56 bits per heavy atom. The first kappa shape index (κ1) is 14.4. The van der Waals surface area contributed by atoms with Crippen LogP contribution in [0.25, 0.3) is 0 Å². The molecule has 4 nitrogen and oxygen atoms in total. The molecule has 0 heterocycles. The van der Waals surface area contributed by atoms with Crippen molar-refractivity contribution >= 4 is 23.5 Å². The Bertz CT molecular complexity index is 479. The summed E-state index contributed by atoms with van der Waals surface area (Å²) in [6.45, 7) is -0.797. The van der Waals surface area contributed by atoms with Gasteiger partial charge in [0.05, 0.1) is 0 Å². The van der Waals surface area contributed by atoms with Crippen LogP contribution in [0, 0.1) is 0 Å². The molecule has 1 rings (SSSR count). The molecule has 0 saturated heterocycles. The van der Waals surface area contributed by atoms with E-state index in [4.69, 9.17) is 16.7 Å². The van der Waals surface area contributed by atoms with Crippen LogP contribution in [0.1, 0.15) is 5.56 Å². The van der Waals surface area contributed by atoms with Crippen LogP contribution < -0.4 is 0 Å². The van der Waals surface area contributed by atoms with Gasteiger partial charge in [0.15, 0.2) is 0 Å². The average molecular weight is 278 g/mol. The fourth-order valence-corrected chi connectivity index (χ4v) is 1.51. The van der Waals surface area contributed by atoms with Gasteiger partial charge in [-0.05, 0) is 12.1 Å². The van der Waals surface area contributed by atoms with E-state index < -0.39 is 29.9 Å². The molecule has 0 atom stereocenters. The van der Waals surface area contributed by atoms with Crippen LogP contribution in [-0.2, 0) is 15.5 Å². The number of nitrogens with zero attached hydrogens (tertiary/aromatic N) is 1. The van der Waals surface area contributed by atoms with E-state index in [1.165, 1.54) is 12.1 Å². The Labute approximate surface area is 107 Å². The second kappa shape index (κ2) is 5.30. The van der Waals surface area contributed by atoms with E-state index in [-0.39, 0.29) is 5.02 Å². The Kier molecular flexibility index (Phi) is 4.24. The second-order valence-corrected chi connectivity index (χ2v) is 4.08. The molecule has 0 radical (unpaired) electrons. The highest BCUT2D eigenvalue weighted by Gasteiger charge is 2.43. The zero-order valence-corrected chi connectivity index (χ0v) is 10.1. The lowest BCUT2D eigenvalue weighted by atomic mass is 10.1. The van der Waals surface area contributed by atoms with Crippen LogP contribution in [0.5, 0.6) is 0 Å². The minimum Gasteiger partial charge on any atom is -0.480 e. The van der Waals surface area contributed by atoms with Gasteiger partial charge in [-0.1, -0.05) is 23.7 Å². The van der Waals surface area contributed by atoms with Crippen LogP contribution in [0.2, 0.25) is 5.02 Å². The number of rotatable bonds is 4. The molecule has 0 aromatic heterocycles. The summed E-state index contributed by atoms with van der Waals surface area (Å²) < 4.78 is 27.6. The van der Waals surface area contributed by atoms with Crippen molar-refractivity contribution in [1.29, 1.82) is 0 Å². The highest BCUT2D eigenvalue weighted by molar-refractivity contribution is 6.30. The molecule has 18 heavy (non-hydrogen) atoms. The highest BCUT2D eigenvalue weighted by atomic mass is 35.5. The van der Waals surface area contributed by atoms with Crippen molar-refractivity contribution in [2.24, 2.45) is 0 Å². The molecule has 0 saturated carbocycles. The fraction of sp³-hybridized carbons (Fsp3) is 0.273. The molecule has 0 fully saturated rings. The number of alkyl halides is 2. The Balaban J connectivity index is 2.99. The minimum absolute atomic E-state index is 0.0702. The number of carbonyl (C=O) groups excluding carboxylic acids is 1. The summed E-state index contributed by atoms with van der Waals surface area (Å²) >= 11 is 5.57. The lowest BCUT2D eigenvalue weighted by Crippen LogP contribution is -2.42. The molecule has 0 aliphatic carbocycles. The first-order chi connectivity index (χ1) is 8.25. The number of carboxylic acids is 1. The van der Waals surface area contributed by atoms with Crippen molar-refractivity contribution in [2.75, 3.05) is 13.6 Å². The van der Waals surface area contributed by atoms with Crippen molar-refractivity contribution in [1.82, 2.24) is 4.90 Å². The summed E-state index contributed by atoms with van der Waals surface area (Å²) in [7, 11) is 0.995. The van der Waals surface area contributed by atoms with Gasteiger partial charge in [0.1, 0.15) is 6.54 Å². The third kappa shape index (κ3) is 3.16. The van der Waals surface area contributed by atoms with Crippen LogP contribution >= 0.6 is 11.6 Å². The lowest BCUT2D eigenvalue weighted by Gasteiger charge is -2.22. The van der Waals surface area contributed by atoms with E-state index in [9.17, 15) is 18.4 Å². The molecule has 0 aliphatic rings. The Morgan fingerprint density at radius 1 is 1.44 bits per heavy atom. The largest absolute Gasteiger partial charge is 0.480 e. The summed E-state index contributed by atoms with van der Waals surface area (Å²) in [6.07, 6.45) is 0. The summed E-state index contributed by atoms with van der Waals surface area (Å²) in [4.78, 5) is 22.3. The van der Waals surface area contributed by atoms with Gasteiger partial charge >= 0.3 is 11.9 Å². The predicted molar refractivity (Wildman–Crippen MR) is 60.6 cm³/mol. The van der Waals surface area contributed by atoms with Gasteiger partial charge in [-0.2, -0.15) is 8.78 Å². The third-order valence-corrected chi connectivity index (χ3v) is 2.41. The summed E-state index contributed by atoms with van der Waals surface area (Å²) in [5.41, 5.74) is -0.572. The number of aliphatic carboxylic acids is 1. The number of carbonyl (C=O) groups is 2. The van der Waals surface area contributed by atoms with Gasteiger partial charge in [-0.25, -0.2) is 0 Å². The van der Waals surface area contributed by atoms with E-state index in [1.807, 2.05) is 0 Å². The SMILES string of the molecule is CN(CC(=O)O)C(=O)C(F)(F)c1cccc(Cl)c1. The fourth-order valence-electron chi connectivity index (χ4n) is 1.32. The number of hydrogen-bond donors (Lipinski definition) is 1. The van der Waals surface area contributed by atoms with E-state index in [0.717, 1.165) is 19.2 Å². The van der Waals surface area contributed by atoms with Crippen molar-refractivity contribution in [3.8, 4) is 0 Å². The van der Waals surface area contributed by atoms with Crippen molar-refractivity contribution in [3.63, 3.8) is 0 Å². The van der Waals surface area contributed by atoms with Crippen LogP contribution in [-0.4, -0.2) is 35.5 Å². The molecule has 0 unspecified atom stereocenters. The first-order valence-electron chi connectivity index (χ1n) is 4.86. The topological polar surface area (TPSA) is 57.6 Å². The molecule has 7 heteroatoms.